The number of aliphatic imine (C=N–C) groups is 1. The van der Waals surface area contributed by atoms with Crippen molar-refractivity contribution in [3.05, 3.63) is 54.6 Å². The van der Waals surface area contributed by atoms with Crippen molar-refractivity contribution in [2.75, 3.05) is 49.9 Å². The molecule has 0 unspecified atom stereocenters. The Balaban J connectivity index is 0.00000341. The lowest BCUT2D eigenvalue weighted by Gasteiger charge is -2.37. The van der Waals surface area contributed by atoms with Crippen LogP contribution in [0.5, 0.6) is 5.75 Å². The molecule has 0 radical (unpaired) electrons. The van der Waals surface area contributed by atoms with Crippen LogP contribution in [0.25, 0.3) is 0 Å². The number of phenols is 1. The molecule has 0 atom stereocenters. The maximum Gasteiger partial charge on any atom is 0.194 e. The number of halogens is 1. The summed E-state index contributed by atoms with van der Waals surface area (Å²) < 4.78 is 24.8. The molecule has 9 heteroatoms. The Bertz CT molecular complexity index is 946. The highest BCUT2D eigenvalue weighted by atomic mass is 127. The van der Waals surface area contributed by atoms with Crippen molar-refractivity contribution < 1.29 is 13.5 Å². The molecule has 0 spiro atoms. The molecule has 0 amide bonds. The molecule has 170 valence electrons. The molecular weight excluding hydrogens is 527 g/mol. The molecule has 0 bridgehead atoms. The highest BCUT2D eigenvalue weighted by Crippen LogP contribution is 2.27. The first-order valence-electron chi connectivity index (χ1n) is 10.4. The largest absolute Gasteiger partial charge is 0.506 e. The minimum absolute atomic E-state index is 0. The number of piperazine rings is 1. The van der Waals surface area contributed by atoms with E-state index < -0.39 is 9.84 Å². The van der Waals surface area contributed by atoms with Gasteiger partial charge in [0.25, 0.3) is 0 Å². The van der Waals surface area contributed by atoms with Gasteiger partial charge < -0.3 is 20.2 Å². The summed E-state index contributed by atoms with van der Waals surface area (Å²) in [6, 6.07) is 15.9. The maximum absolute atomic E-state index is 12.4. The zero-order chi connectivity index (χ0) is 21.4. The number of sulfone groups is 1. The number of rotatable bonds is 7. The van der Waals surface area contributed by atoms with Crippen molar-refractivity contribution in [1.82, 2.24) is 10.2 Å². The molecule has 1 saturated heterocycles. The highest BCUT2D eigenvalue weighted by molar-refractivity contribution is 14.0. The fourth-order valence-electron chi connectivity index (χ4n) is 3.50. The van der Waals surface area contributed by atoms with Crippen LogP contribution < -0.4 is 10.2 Å². The number of nitrogens with one attached hydrogen (secondary N) is 1. The van der Waals surface area contributed by atoms with Crippen LogP contribution >= 0.6 is 24.0 Å². The summed E-state index contributed by atoms with van der Waals surface area (Å²) in [6.07, 6.45) is 0.476. The Labute approximate surface area is 202 Å². The number of hydrogen-bond donors (Lipinski definition) is 2. The van der Waals surface area contributed by atoms with E-state index in [9.17, 15) is 13.5 Å². The third-order valence-electron chi connectivity index (χ3n) is 5.07. The van der Waals surface area contributed by atoms with Crippen LogP contribution in [0.15, 0.2) is 64.5 Å². The molecular formula is C22H31IN4O3S. The molecule has 1 aliphatic heterocycles. The second kappa shape index (κ2) is 12.1. The van der Waals surface area contributed by atoms with Gasteiger partial charge in [-0.2, -0.15) is 0 Å². The maximum atomic E-state index is 12.4. The van der Waals surface area contributed by atoms with Crippen molar-refractivity contribution in [1.29, 1.82) is 0 Å². The first kappa shape index (κ1) is 25.3. The van der Waals surface area contributed by atoms with Gasteiger partial charge >= 0.3 is 0 Å². The molecule has 1 aliphatic rings. The molecule has 2 aromatic rings. The van der Waals surface area contributed by atoms with E-state index in [2.05, 4.69) is 20.1 Å². The Morgan fingerprint density at radius 2 is 1.68 bits per heavy atom. The van der Waals surface area contributed by atoms with E-state index in [1.54, 1.807) is 30.3 Å². The third kappa shape index (κ3) is 6.99. The van der Waals surface area contributed by atoms with Crippen LogP contribution in [0.1, 0.15) is 13.3 Å². The lowest BCUT2D eigenvalue weighted by atomic mass is 10.2. The lowest BCUT2D eigenvalue weighted by molar-refractivity contribution is 0.370. The van der Waals surface area contributed by atoms with Gasteiger partial charge in [-0.1, -0.05) is 30.3 Å². The topological polar surface area (TPSA) is 85.2 Å². The smallest absolute Gasteiger partial charge is 0.194 e. The van der Waals surface area contributed by atoms with Gasteiger partial charge in [-0.25, -0.2) is 8.42 Å². The van der Waals surface area contributed by atoms with Crippen molar-refractivity contribution in [2.45, 2.75) is 18.2 Å². The molecule has 1 heterocycles. The first-order chi connectivity index (χ1) is 14.5. The summed E-state index contributed by atoms with van der Waals surface area (Å²) in [5.74, 6) is 1.19. The van der Waals surface area contributed by atoms with E-state index in [1.165, 1.54) is 0 Å². The monoisotopic (exact) mass is 558 g/mol. The van der Waals surface area contributed by atoms with E-state index in [-0.39, 0.29) is 29.7 Å². The van der Waals surface area contributed by atoms with Crippen LogP contribution in [0.4, 0.5) is 5.69 Å². The van der Waals surface area contributed by atoms with Gasteiger partial charge in [0, 0.05) is 39.3 Å². The number of phenolic OH excluding ortho intramolecular Hbond substituents is 1. The SMILES string of the molecule is CCNC(=NCCCS(=O)(=O)c1ccccc1)N1CCN(c2ccccc2O)CC1.I. The highest BCUT2D eigenvalue weighted by Gasteiger charge is 2.21. The second-order valence-corrected chi connectivity index (χ2v) is 9.29. The van der Waals surface area contributed by atoms with E-state index in [0.717, 1.165) is 44.4 Å². The van der Waals surface area contributed by atoms with Crippen molar-refractivity contribution in [2.24, 2.45) is 4.99 Å². The Morgan fingerprint density at radius 3 is 2.32 bits per heavy atom. The Kier molecular flexibility index (Phi) is 9.89. The van der Waals surface area contributed by atoms with E-state index >= 15 is 0 Å². The van der Waals surface area contributed by atoms with Gasteiger partial charge in [0.05, 0.1) is 16.3 Å². The van der Waals surface area contributed by atoms with Crippen LogP contribution in [0, 0.1) is 0 Å². The van der Waals surface area contributed by atoms with Gasteiger partial charge in [-0.15, -0.1) is 24.0 Å². The summed E-state index contributed by atoms with van der Waals surface area (Å²) in [6.45, 7) is 6.35. The molecule has 2 aromatic carbocycles. The molecule has 31 heavy (non-hydrogen) atoms. The summed E-state index contributed by atoms with van der Waals surface area (Å²) >= 11 is 0. The molecule has 3 rings (SSSR count). The van der Waals surface area contributed by atoms with Crippen LogP contribution in [-0.4, -0.2) is 69.4 Å². The summed E-state index contributed by atoms with van der Waals surface area (Å²) in [7, 11) is -3.27. The number of aromatic hydroxyl groups is 1. The fraction of sp³-hybridized carbons (Fsp3) is 0.409. The van der Waals surface area contributed by atoms with Gasteiger partial charge in [0.1, 0.15) is 5.75 Å². The standard InChI is InChI=1S/C22H30N4O3S.HI/c1-2-23-22(24-13-8-18-30(28,29)19-9-4-3-5-10-19)26-16-14-25(15-17-26)20-11-6-7-12-21(20)27;/h3-7,9-12,27H,2,8,13-18H2,1H3,(H,23,24);1H. The molecule has 1 fully saturated rings. The van der Waals surface area contributed by atoms with Crippen molar-refractivity contribution in [3.63, 3.8) is 0 Å². The quantitative estimate of drug-likeness (QED) is 0.235. The van der Waals surface area contributed by atoms with Gasteiger partial charge in [-0.3, -0.25) is 4.99 Å². The van der Waals surface area contributed by atoms with Crippen LogP contribution in [0.2, 0.25) is 0 Å². The number of para-hydroxylation sites is 2. The Morgan fingerprint density at radius 1 is 1.03 bits per heavy atom. The lowest BCUT2D eigenvalue weighted by Crippen LogP contribution is -2.52. The van der Waals surface area contributed by atoms with E-state index in [4.69, 9.17) is 0 Å². The first-order valence-corrected chi connectivity index (χ1v) is 12.0. The molecule has 2 N–H and O–H groups in total. The minimum Gasteiger partial charge on any atom is -0.506 e. The summed E-state index contributed by atoms with van der Waals surface area (Å²) in [5, 5.41) is 13.4. The van der Waals surface area contributed by atoms with Gasteiger partial charge in [0.2, 0.25) is 0 Å². The molecule has 0 aliphatic carbocycles. The number of guanidine groups is 1. The van der Waals surface area contributed by atoms with Crippen molar-refractivity contribution in [3.8, 4) is 5.75 Å². The zero-order valence-electron chi connectivity index (χ0n) is 17.8. The van der Waals surface area contributed by atoms with Gasteiger partial charge in [-0.05, 0) is 37.6 Å². The minimum atomic E-state index is -3.27. The summed E-state index contributed by atoms with van der Waals surface area (Å²) in [4.78, 5) is 9.37. The Hall–Kier alpha value is -2.01. The molecule has 7 nitrogen and oxygen atoms in total. The second-order valence-electron chi connectivity index (χ2n) is 7.18. The predicted molar refractivity (Wildman–Crippen MR) is 136 cm³/mol. The van der Waals surface area contributed by atoms with E-state index in [1.807, 2.05) is 31.2 Å². The fourth-order valence-corrected chi connectivity index (χ4v) is 4.82. The van der Waals surface area contributed by atoms with Gasteiger partial charge in [0.15, 0.2) is 15.8 Å². The van der Waals surface area contributed by atoms with Crippen LogP contribution in [0.3, 0.4) is 0 Å². The average molecular weight is 558 g/mol. The summed E-state index contributed by atoms with van der Waals surface area (Å²) in [5.41, 5.74) is 0.852. The zero-order valence-corrected chi connectivity index (χ0v) is 20.9. The van der Waals surface area contributed by atoms with Crippen molar-refractivity contribution >= 4 is 45.5 Å². The average Bonchev–Trinajstić information content (AvgIpc) is 2.77. The number of nitrogens with zero attached hydrogens (tertiary/aromatic N) is 3. The normalized spacial score (nSPS) is 14.8. The third-order valence-corrected chi connectivity index (χ3v) is 6.89. The number of hydrogen-bond acceptors (Lipinski definition) is 5. The number of anilines is 1. The van der Waals surface area contributed by atoms with Crippen LogP contribution in [-0.2, 0) is 9.84 Å². The number of benzene rings is 2. The van der Waals surface area contributed by atoms with E-state index in [0.29, 0.717) is 23.6 Å². The predicted octanol–water partition coefficient (Wildman–Crippen LogP) is 2.96. The molecule has 0 saturated carbocycles. The molecule has 0 aromatic heterocycles.